The number of aromatic nitrogens is 3. The Labute approximate surface area is 84.3 Å². The molecule has 0 spiro atoms. The van der Waals surface area contributed by atoms with Gasteiger partial charge in [0, 0.05) is 26.2 Å². The minimum Gasteiger partial charge on any atom is -0.395 e. The van der Waals surface area contributed by atoms with E-state index in [-0.39, 0.29) is 6.61 Å². The zero-order valence-corrected chi connectivity index (χ0v) is 9.01. The molecule has 1 N–H and O–H groups in total. The first-order valence-electron chi connectivity index (χ1n) is 4.83. The van der Waals surface area contributed by atoms with Crippen molar-refractivity contribution in [2.45, 2.75) is 26.4 Å². The van der Waals surface area contributed by atoms with E-state index in [4.69, 9.17) is 5.11 Å². The van der Waals surface area contributed by atoms with Crippen LogP contribution in [0.1, 0.15) is 19.5 Å². The Morgan fingerprint density at radius 2 is 2.29 bits per heavy atom. The zero-order chi connectivity index (χ0) is 10.6. The summed E-state index contributed by atoms with van der Waals surface area (Å²) >= 11 is 0. The van der Waals surface area contributed by atoms with Gasteiger partial charge in [0.05, 0.1) is 18.5 Å². The Kier molecular flexibility index (Phi) is 4.03. The third-order valence-electron chi connectivity index (χ3n) is 2.29. The van der Waals surface area contributed by atoms with Crippen LogP contribution in [-0.4, -0.2) is 44.2 Å². The summed E-state index contributed by atoms with van der Waals surface area (Å²) in [5.41, 5.74) is 1.06. The van der Waals surface area contributed by atoms with E-state index in [9.17, 15) is 0 Å². The highest BCUT2D eigenvalue weighted by Gasteiger charge is 2.11. The SMILES string of the molecule is CC(C)N(CCO)Cc1cnnn1C. The maximum Gasteiger partial charge on any atom is 0.0738 e. The van der Waals surface area contributed by atoms with E-state index in [1.54, 1.807) is 10.9 Å². The highest BCUT2D eigenvalue weighted by molar-refractivity contribution is 4.93. The fourth-order valence-corrected chi connectivity index (χ4v) is 1.31. The van der Waals surface area contributed by atoms with Gasteiger partial charge in [-0.3, -0.25) is 9.58 Å². The Hall–Kier alpha value is -0.940. The minimum atomic E-state index is 0.184. The van der Waals surface area contributed by atoms with Crippen molar-refractivity contribution in [2.24, 2.45) is 7.05 Å². The van der Waals surface area contributed by atoms with Crippen LogP contribution in [0.2, 0.25) is 0 Å². The molecule has 0 fully saturated rings. The van der Waals surface area contributed by atoms with Crippen LogP contribution in [0, 0.1) is 0 Å². The normalized spacial score (nSPS) is 11.6. The lowest BCUT2D eigenvalue weighted by molar-refractivity contribution is 0.156. The number of aliphatic hydroxyl groups is 1. The molecule has 5 nitrogen and oxygen atoms in total. The van der Waals surface area contributed by atoms with Gasteiger partial charge < -0.3 is 5.11 Å². The Morgan fingerprint density at radius 3 is 2.71 bits per heavy atom. The number of nitrogens with zero attached hydrogens (tertiary/aromatic N) is 4. The quantitative estimate of drug-likeness (QED) is 0.724. The van der Waals surface area contributed by atoms with Gasteiger partial charge in [0.1, 0.15) is 0 Å². The lowest BCUT2D eigenvalue weighted by Crippen LogP contribution is -2.33. The third kappa shape index (κ3) is 2.78. The van der Waals surface area contributed by atoms with Crippen molar-refractivity contribution in [2.75, 3.05) is 13.2 Å². The lowest BCUT2D eigenvalue weighted by atomic mass is 10.3. The molecule has 1 aromatic heterocycles. The van der Waals surface area contributed by atoms with Crippen LogP contribution in [0.25, 0.3) is 0 Å². The molecule has 0 radical (unpaired) electrons. The second-order valence-corrected chi connectivity index (χ2v) is 3.64. The monoisotopic (exact) mass is 198 g/mol. The molecule has 1 aromatic rings. The van der Waals surface area contributed by atoms with E-state index in [1.165, 1.54) is 0 Å². The number of aliphatic hydroxyl groups excluding tert-OH is 1. The van der Waals surface area contributed by atoms with Crippen molar-refractivity contribution in [3.63, 3.8) is 0 Å². The number of aryl methyl sites for hydroxylation is 1. The summed E-state index contributed by atoms with van der Waals surface area (Å²) in [6, 6.07) is 0.414. The van der Waals surface area contributed by atoms with Gasteiger partial charge in [-0.05, 0) is 13.8 Å². The van der Waals surface area contributed by atoms with Crippen molar-refractivity contribution < 1.29 is 5.11 Å². The Balaban J connectivity index is 2.60. The number of hydrogen-bond donors (Lipinski definition) is 1. The van der Waals surface area contributed by atoms with Gasteiger partial charge in [0.2, 0.25) is 0 Å². The molecule has 0 aromatic carbocycles. The number of rotatable bonds is 5. The van der Waals surface area contributed by atoms with Crippen LogP contribution in [0.5, 0.6) is 0 Å². The molecule has 80 valence electrons. The largest absolute Gasteiger partial charge is 0.395 e. The molecule has 0 amide bonds. The molecule has 0 aliphatic heterocycles. The van der Waals surface area contributed by atoms with E-state index >= 15 is 0 Å². The second kappa shape index (κ2) is 5.07. The highest BCUT2D eigenvalue weighted by atomic mass is 16.3. The van der Waals surface area contributed by atoms with Crippen molar-refractivity contribution >= 4 is 0 Å². The minimum absolute atomic E-state index is 0.184. The first-order valence-corrected chi connectivity index (χ1v) is 4.83. The number of hydrogen-bond acceptors (Lipinski definition) is 4. The molecule has 0 atom stereocenters. The fourth-order valence-electron chi connectivity index (χ4n) is 1.31. The lowest BCUT2D eigenvalue weighted by Gasteiger charge is -2.24. The van der Waals surface area contributed by atoms with Crippen molar-refractivity contribution in [1.82, 2.24) is 19.9 Å². The summed E-state index contributed by atoms with van der Waals surface area (Å²) in [6.45, 7) is 5.87. The van der Waals surface area contributed by atoms with Gasteiger partial charge >= 0.3 is 0 Å². The van der Waals surface area contributed by atoms with Crippen LogP contribution >= 0.6 is 0 Å². The molecule has 0 aliphatic rings. The van der Waals surface area contributed by atoms with E-state index in [1.807, 2.05) is 7.05 Å². The molecule has 14 heavy (non-hydrogen) atoms. The first kappa shape index (κ1) is 11.1. The van der Waals surface area contributed by atoms with Crippen molar-refractivity contribution in [1.29, 1.82) is 0 Å². The van der Waals surface area contributed by atoms with E-state index < -0.39 is 0 Å². The fraction of sp³-hybridized carbons (Fsp3) is 0.778. The van der Waals surface area contributed by atoms with Crippen molar-refractivity contribution in [3.05, 3.63) is 11.9 Å². The van der Waals surface area contributed by atoms with Crippen LogP contribution in [0.3, 0.4) is 0 Å². The van der Waals surface area contributed by atoms with E-state index in [0.29, 0.717) is 12.6 Å². The van der Waals surface area contributed by atoms with Gasteiger partial charge in [-0.15, -0.1) is 5.10 Å². The predicted molar refractivity (Wildman–Crippen MR) is 53.6 cm³/mol. The predicted octanol–water partition coefficient (Wildman–Crippen LogP) is 0.0178. The Morgan fingerprint density at radius 1 is 1.57 bits per heavy atom. The average molecular weight is 198 g/mol. The van der Waals surface area contributed by atoms with Gasteiger partial charge in [-0.25, -0.2) is 0 Å². The molecule has 0 bridgehead atoms. The maximum absolute atomic E-state index is 8.90. The van der Waals surface area contributed by atoms with Crippen LogP contribution in [-0.2, 0) is 13.6 Å². The van der Waals surface area contributed by atoms with Gasteiger partial charge in [0.25, 0.3) is 0 Å². The van der Waals surface area contributed by atoms with Gasteiger partial charge in [0.15, 0.2) is 0 Å². The van der Waals surface area contributed by atoms with Gasteiger partial charge in [-0.1, -0.05) is 5.21 Å². The molecular weight excluding hydrogens is 180 g/mol. The molecule has 1 heterocycles. The maximum atomic E-state index is 8.90. The molecular formula is C9H18N4O. The smallest absolute Gasteiger partial charge is 0.0738 e. The molecule has 0 saturated carbocycles. The standard InChI is InChI=1S/C9H18N4O/c1-8(2)13(4-5-14)7-9-6-10-11-12(9)3/h6,8,14H,4-5,7H2,1-3H3. The summed E-state index contributed by atoms with van der Waals surface area (Å²) in [7, 11) is 1.87. The summed E-state index contributed by atoms with van der Waals surface area (Å²) in [5.74, 6) is 0. The van der Waals surface area contributed by atoms with Crippen LogP contribution in [0.15, 0.2) is 6.20 Å². The molecule has 0 aliphatic carbocycles. The van der Waals surface area contributed by atoms with Crippen molar-refractivity contribution in [3.8, 4) is 0 Å². The summed E-state index contributed by atoms with van der Waals surface area (Å²) < 4.78 is 1.76. The summed E-state index contributed by atoms with van der Waals surface area (Å²) in [6.07, 6.45) is 1.76. The molecule has 0 saturated heterocycles. The molecule has 5 heteroatoms. The third-order valence-corrected chi connectivity index (χ3v) is 2.29. The van der Waals surface area contributed by atoms with Crippen LogP contribution in [0.4, 0.5) is 0 Å². The summed E-state index contributed by atoms with van der Waals surface area (Å²) in [4.78, 5) is 2.18. The highest BCUT2D eigenvalue weighted by Crippen LogP contribution is 2.05. The zero-order valence-electron chi connectivity index (χ0n) is 9.01. The first-order chi connectivity index (χ1) is 6.65. The average Bonchev–Trinajstić information content (AvgIpc) is 2.51. The van der Waals surface area contributed by atoms with E-state index in [2.05, 4.69) is 29.1 Å². The Bertz CT molecular complexity index is 272. The van der Waals surface area contributed by atoms with Gasteiger partial charge in [-0.2, -0.15) is 0 Å². The second-order valence-electron chi connectivity index (χ2n) is 3.64. The van der Waals surface area contributed by atoms with Crippen LogP contribution < -0.4 is 0 Å². The summed E-state index contributed by atoms with van der Waals surface area (Å²) in [5, 5.41) is 16.6. The molecule has 1 rings (SSSR count). The topological polar surface area (TPSA) is 54.2 Å². The van der Waals surface area contributed by atoms with E-state index in [0.717, 1.165) is 12.2 Å². The molecule has 0 unspecified atom stereocenters.